The molecule has 0 aliphatic carbocycles. The number of nitrogens with one attached hydrogen (secondary N) is 2. The summed E-state index contributed by atoms with van der Waals surface area (Å²) in [7, 11) is 0. The van der Waals surface area contributed by atoms with Crippen LogP contribution < -0.4 is 5.32 Å². The molecular weight excluding hydrogens is 128 g/mol. The highest BCUT2D eigenvalue weighted by atomic mass is 16.5. The molecule has 0 aromatic rings. The molecule has 1 aliphatic rings. The molecule has 0 radical (unpaired) electrons. The molecule has 0 aromatic carbocycles. The highest BCUT2D eigenvalue weighted by Gasteiger charge is 2.15. The van der Waals surface area contributed by atoms with E-state index >= 15 is 0 Å². The Morgan fingerprint density at radius 2 is 2.60 bits per heavy atom. The van der Waals surface area contributed by atoms with Crippen molar-refractivity contribution in [1.29, 1.82) is 5.41 Å². The molecular formula is C7H12N2O. The van der Waals surface area contributed by atoms with E-state index in [-0.39, 0.29) is 6.10 Å². The molecule has 1 saturated heterocycles. The van der Waals surface area contributed by atoms with Crippen LogP contribution in [0.1, 0.15) is 6.42 Å². The quantitative estimate of drug-likeness (QED) is 0.443. The number of hydrogen-bond acceptors (Lipinski definition) is 3. The second kappa shape index (κ2) is 3.37. The van der Waals surface area contributed by atoms with E-state index in [4.69, 9.17) is 10.1 Å². The summed E-state index contributed by atoms with van der Waals surface area (Å²) >= 11 is 0. The van der Waals surface area contributed by atoms with E-state index < -0.39 is 0 Å². The van der Waals surface area contributed by atoms with Crippen molar-refractivity contribution in [1.82, 2.24) is 5.32 Å². The molecule has 0 amide bonds. The van der Waals surface area contributed by atoms with E-state index in [1.807, 2.05) is 0 Å². The molecule has 2 N–H and O–H groups in total. The van der Waals surface area contributed by atoms with Gasteiger partial charge in [-0.3, -0.25) is 0 Å². The number of rotatable bonds is 3. The molecule has 3 nitrogen and oxygen atoms in total. The summed E-state index contributed by atoms with van der Waals surface area (Å²) in [6, 6.07) is 0. The van der Waals surface area contributed by atoms with Crippen LogP contribution >= 0.6 is 0 Å². The normalized spacial score (nSPS) is 24.2. The first-order valence-corrected chi connectivity index (χ1v) is 3.39. The molecule has 1 atom stereocenters. The van der Waals surface area contributed by atoms with E-state index in [0.717, 1.165) is 25.7 Å². The zero-order valence-corrected chi connectivity index (χ0v) is 5.89. The standard InChI is InChI=1S/C7H12N2O/c1-6(4-8)10-7-2-3-9-5-7/h4,7-9H,1-3,5H2/t7-/m1/s1. The van der Waals surface area contributed by atoms with Gasteiger partial charge in [-0.1, -0.05) is 6.58 Å². The maximum absolute atomic E-state index is 6.80. The lowest BCUT2D eigenvalue weighted by atomic mass is 10.3. The lowest BCUT2D eigenvalue weighted by molar-refractivity contribution is 0.150. The fourth-order valence-electron chi connectivity index (χ4n) is 0.977. The largest absolute Gasteiger partial charge is 0.488 e. The first-order chi connectivity index (χ1) is 4.83. The Labute approximate surface area is 60.6 Å². The van der Waals surface area contributed by atoms with Crippen LogP contribution in [-0.4, -0.2) is 25.4 Å². The summed E-state index contributed by atoms with van der Waals surface area (Å²) in [5, 5.41) is 9.96. The molecule has 56 valence electrons. The van der Waals surface area contributed by atoms with Gasteiger partial charge in [0, 0.05) is 6.54 Å². The molecule has 10 heavy (non-hydrogen) atoms. The molecule has 1 rings (SSSR count). The van der Waals surface area contributed by atoms with Gasteiger partial charge in [0.2, 0.25) is 0 Å². The third-order valence-electron chi connectivity index (χ3n) is 1.49. The summed E-state index contributed by atoms with van der Waals surface area (Å²) in [6.45, 7) is 5.44. The summed E-state index contributed by atoms with van der Waals surface area (Å²) in [5.74, 6) is 0.453. The van der Waals surface area contributed by atoms with Crippen LogP contribution in [0.4, 0.5) is 0 Å². The van der Waals surface area contributed by atoms with Crippen LogP contribution in [0, 0.1) is 5.41 Å². The SMILES string of the molecule is C=C(C=N)O[C@@H]1CCNC1. The van der Waals surface area contributed by atoms with Crippen molar-refractivity contribution in [2.45, 2.75) is 12.5 Å². The van der Waals surface area contributed by atoms with E-state index in [2.05, 4.69) is 11.9 Å². The third kappa shape index (κ3) is 1.84. The summed E-state index contributed by atoms with van der Waals surface area (Å²) < 4.78 is 5.26. The zero-order chi connectivity index (χ0) is 7.40. The number of hydrogen-bond donors (Lipinski definition) is 2. The fourth-order valence-corrected chi connectivity index (χ4v) is 0.977. The van der Waals surface area contributed by atoms with Crippen molar-refractivity contribution >= 4 is 6.21 Å². The van der Waals surface area contributed by atoms with E-state index in [1.165, 1.54) is 0 Å². The molecule has 1 fully saturated rings. The fraction of sp³-hybridized carbons (Fsp3) is 0.571. The van der Waals surface area contributed by atoms with Crippen LogP contribution in [0.3, 0.4) is 0 Å². The van der Waals surface area contributed by atoms with Crippen LogP contribution in [0.25, 0.3) is 0 Å². The highest BCUT2D eigenvalue weighted by Crippen LogP contribution is 2.05. The van der Waals surface area contributed by atoms with Gasteiger partial charge in [-0.05, 0) is 13.0 Å². The van der Waals surface area contributed by atoms with Crippen molar-refractivity contribution in [2.75, 3.05) is 13.1 Å². The minimum absolute atomic E-state index is 0.231. The van der Waals surface area contributed by atoms with E-state index in [1.54, 1.807) is 0 Å². The van der Waals surface area contributed by atoms with Crippen molar-refractivity contribution < 1.29 is 4.74 Å². The van der Waals surface area contributed by atoms with Crippen molar-refractivity contribution in [3.05, 3.63) is 12.3 Å². The molecule has 0 spiro atoms. The Hall–Kier alpha value is -0.830. The lowest BCUT2D eigenvalue weighted by Gasteiger charge is -2.10. The van der Waals surface area contributed by atoms with Crippen LogP contribution in [0.15, 0.2) is 12.3 Å². The van der Waals surface area contributed by atoms with E-state index in [9.17, 15) is 0 Å². The van der Waals surface area contributed by atoms with Crippen molar-refractivity contribution in [2.24, 2.45) is 0 Å². The molecule has 1 aliphatic heterocycles. The average Bonchev–Trinajstić information content (AvgIpc) is 2.40. The zero-order valence-electron chi connectivity index (χ0n) is 5.89. The van der Waals surface area contributed by atoms with Crippen LogP contribution in [0.5, 0.6) is 0 Å². The maximum Gasteiger partial charge on any atom is 0.130 e. The number of ether oxygens (including phenoxy) is 1. The molecule has 1 heterocycles. The first-order valence-electron chi connectivity index (χ1n) is 3.39. The van der Waals surface area contributed by atoms with Crippen LogP contribution in [0.2, 0.25) is 0 Å². The summed E-state index contributed by atoms with van der Waals surface area (Å²) in [6.07, 6.45) is 2.39. The Balaban J connectivity index is 2.23. The monoisotopic (exact) mass is 140 g/mol. The predicted octanol–water partition coefficient (Wildman–Crippen LogP) is 0.528. The van der Waals surface area contributed by atoms with Gasteiger partial charge in [-0.15, -0.1) is 0 Å². The summed E-state index contributed by atoms with van der Waals surface area (Å²) in [4.78, 5) is 0. The van der Waals surface area contributed by atoms with Gasteiger partial charge < -0.3 is 15.5 Å². The topological polar surface area (TPSA) is 45.1 Å². The van der Waals surface area contributed by atoms with Crippen molar-refractivity contribution in [3.8, 4) is 0 Å². The van der Waals surface area contributed by atoms with Crippen molar-refractivity contribution in [3.63, 3.8) is 0 Å². The Morgan fingerprint density at radius 3 is 3.10 bits per heavy atom. The number of allylic oxidation sites excluding steroid dienone is 1. The van der Waals surface area contributed by atoms with E-state index in [0.29, 0.717) is 5.76 Å². The van der Waals surface area contributed by atoms with Gasteiger partial charge in [0.1, 0.15) is 11.9 Å². The smallest absolute Gasteiger partial charge is 0.130 e. The summed E-state index contributed by atoms with van der Waals surface area (Å²) in [5.41, 5.74) is 0. The minimum atomic E-state index is 0.231. The van der Waals surface area contributed by atoms with Gasteiger partial charge in [0.25, 0.3) is 0 Å². The molecule has 0 aromatic heterocycles. The first kappa shape index (κ1) is 7.28. The second-order valence-corrected chi connectivity index (χ2v) is 2.34. The molecule has 0 unspecified atom stereocenters. The lowest BCUT2D eigenvalue weighted by Crippen LogP contribution is -2.16. The maximum atomic E-state index is 6.80. The molecule has 0 saturated carbocycles. The Bertz CT molecular complexity index is 139. The van der Waals surface area contributed by atoms with Crippen LogP contribution in [-0.2, 0) is 4.74 Å². The van der Waals surface area contributed by atoms with Gasteiger partial charge in [0.15, 0.2) is 0 Å². The average molecular weight is 140 g/mol. The highest BCUT2D eigenvalue weighted by molar-refractivity contribution is 5.71. The minimum Gasteiger partial charge on any atom is -0.488 e. The predicted molar refractivity (Wildman–Crippen MR) is 40.3 cm³/mol. The second-order valence-electron chi connectivity index (χ2n) is 2.34. The Morgan fingerprint density at radius 1 is 1.80 bits per heavy atom. The Kier molecular flexibility index (Phi) is 2.45. The third-order valence-corrected chi connectivity index (χ3v) is 1.49. The van der Waals surface area contributed by atoms with Gasteiger partial charge in [-0.2, -0.15) is 0 Å². The molecule has 0 bridgehead atoms. The van der Waals surface area contributed by atoms with Gasteiger partial charge in [-0.25, -0.2) is 0 Å². The molecule has 3 heteroatoms. The van der Waals surface area contributed by atoms with Gasteiger partial charge >= 0.3 is 0 Å². The van der Waals surface area contributed by atoms with Gasteiger partial charge in [0.05, 0.1) is 6.21 Å².